The smallest absolute Gasteiger partial charge is 0.337 e. The van der Waals surface area contributed by atoms with E-state index in [1.165, 1.54) is 12.7 Å². The molecule has 0 heterocycles. The minimum atomic E-state index is -0.420. The van der Waals surface area contributed by atoms with Crippen LogP contribution in [0, 0.1) is 6.92 Å². The number of esters is 1. The number of ether oxygens (including phenoxy) is 1. The summed E-state index contributed by atoms with van der Waals surface area (Å²) in [5.74, 6) is 0.202. The van der Waals surface area contributed by atoms with Gasteiger partial charge in [0.1, 0.15) is 0 Å². The van der Waals surface area contributed by atoms with Gasteiger partial charge in [-0.3, -0.25) is 4.79 Å². The molecular formula is C18H19NO3S. The molecule has 0 radical (unpaired) electrons. The monoisotopic (exact) mass is 329 g/mol. The molecule has 0 unspecified atom stereocenters. The number of amides is 1. The van der Waals surface area contributed by atoms with Gasteiger partial charge in [0.15, 0.2) is 0 Å². The molecule has 1 N–H and O–H groups in total. The lowest BCUT2D eigenvalue weighted by Crippen LogP contribution is -2.12. The molecule has 0 aliphatic carbocycles. The van der Waals surface area contributed by atoms with Crippen molar-refractivity contribution in [3.8, 4) is 0 Å². The maximum atomic E-state index is 12.0. The molecular weight excluding hydrogens is 310 g/mol. The predicted molar refractivity (Wildman–Crippen MR) is 92.9 cm³/mol. The fourth-order valence-corrected chi connectivity index (χ4v) is 2.81. The van der Waals surface area contributed by atoms with Gasteiger partial charge in [-0.2, -0.15) is 0 Å². The number of thioether (sulfide) groups is 1. The van der Waals surface area contributed by atoms with Gasteiger partial charge in [0, 0.05) is 22.8 Å². The van der Waals surface area contributed by atoms with Crippen molar-refractivity contribution < 1.29 is 14.3 Å². The molecule has 5 heteroatoms. The van der Waals surface area contributed by atoms with E-state index in [0.717, 1.165) is 4.90 Å². The molecule has 0 aliphatic rings. The zero-order valence-electron chi connectivity index (χ0n) is 13.2. The number of hydrogen-bond donors (Lipinski definition) is 1. The lowest BCUT2D eigenvalue weighted by atomic mass is 10.2. The van der Waals surface area contributed by atoms with Crippen molar-refractivity contribution >= 4 is 29.3 Å². The van der Waals surface area contributed by atoms with Crippen molar-refractivity contribution in [2.45, 2.75) is 18.2 Å². The fraction of sp³-hybridized carbons (Fsp3) is 0.222. The zero-order valence-corrected chi connectivity index (χ0v) is 14.0. The van der Waals surface area contributed by atoms with Crippen LogP contribution in [0.5, 0.6) is 0 Å². The minimum absolute atomic E-state index is 0.0772. The maximum absolute atomic E-state index is 12.0. The highest BCUT2D eigenvalue weighted by atomic mass is 32.2. The van der Waals surface area contributed by atoms with E-state index in [1.807, 2.05) is 6.92 Å². The first-order valence-electron chi connectivity index (χ1n) is 7.26. The van der Waals surface area contributed by atoms with E-state index in [-0.39, 0.29) is 5.91 Å². The number of carbonyl (C=O) groups excluding carboxylic acids is 2. The number of carbonyl (C=O) groups is 2. The van der Waals surface area contributed by atoms with E-state index < -0.39 is 5.97 Å². The molecule has 0 bridgehead atoms. The number of anilines is 1. The second-order valence-corrected chi connectivity index (χ2v) is 6.20. The summed E-state index contributed by atoms with van der Waals surface area (Å²) in [6.07, 6.45) is 0.404. The molecule has 0 fully saturated rings. The lowest BCUT2D eigenvalue weighted by molar-refractivity contribution is -0.115. The topological polar surface area (TPSA) is 55.4 Å². The molecule has 0 saturated heterocycles. The number of aryl methyl sites for hydroxylation is 1. The van der Waals surface area contributed by atoms with E-state index >= 15 is 0 Å². The van der Waals surface area contributed by atoms with Crippen LogP contribution >= 0.6 is 11.8 Å². The average Bonchev–Trinajstić information content (AvgIpc) is 2.56. The van der Waals surface area contributed by atoms with Gasteiger partial charge >= 0.3 is 5.97 Å². The molecule has 23 heavy (non-hydrogen) atoms. The highest BCUT2D eigenvalue weighted by molar-refractivity contribution is 7.99. The molecule has 0 saturated carbocycles. The normalized spacial score (nSPS) is 10.2. The first kappa shape index (κ1) is 17.1. The summed E-state index contributed by atoms with van der Waals surface area (Å²) in [4.78, 5) is 24.6. The standard InChI is InChI=1S/C18H19NO3S/c1-13-6-8-16(9-7-13)23-11-10-17(20)19-15-5-3-4-14(12-15)18(21)22-2/h3-9,12H,10-11H2,1-2H3,(H,19,20). The molecule has 2 rings (SSSR count). The fourth-order valence-electron chi connectivity index (χ4n) is 1.96. The van der Waals surface area contributed by atoms with Crippen LogP contribution in [0.2, 0.25) is 0 Å². The van der Waals surface area contributed by atoms with Crippen LogP contribution in [-0.2, 0) is 9.53 Å². The van der Waals surface area contributed by atoms with Crippen molar-refractivity contribution in [3.63, 3.8) is 0 Å². The van der Waals surface area contributed by atoms with Crippen molar-refractivity contribution in [3.05, 3.63) is 59.7 Å². The molecule has 1 amide bonds. The summed E-state index contributed by atoms with van der Waals surface area (Å²) < 4.78 is 4.66. The number of rotatable bonds is 6. The van der Waals surface area contributed by atoms with E-state index in [4.69, 9.17) is 0 Å². The molecule has 0 atom stereocenters. The highest BCUT2D eigenvalue weighted by Crippen LogP contribution is 2.19. The summed E-state index contributed by atoms with van der Waals surface area (Å²) >= 11 is 1.64. The Bertz CT molecular complexity index is 683. The van der Waals surface area contributed by atoms with Crippen LogP contribution in [0.25, 0.3) is 0 Å². The van der Waals surface area contributed by atoms with Crippen LogP contribution in [-0.4, -0.2) is 24.7 Å². The molecule has 0 spiro atoms. The van der Waals surface area contributed by atoms with Crippen LogP contribution < -0.4 is 5.32 Å². The van der Waals surface area contributed by atoms with Gasteiger partial charge in [0.2, 0.25) is 5.91 Å². The van der Waals surface area contributed by atoms with Gasteiger partial charge in [-0.1, -0.05) is 23.8 Å². The van der Waals surface area contributed by atoms with E-state index in [2.05, 4.69) is 34.3 Å². The Kier molecular flexibility index (Phi) is 6.23. The molecule has 120 valence electrons. The lowest BCUT2D eigenvalue weighted by Gasteiger charge is -2.07. The highest BCUT2D eigenvalue weighted by Gasteiger charge is 2.08. The van der Waals surface area contributed by atoms with Crippen molar-refractivity contribution in [1.29, 1.82) is 0 Å². The maximum Gasteiger partial charge on any atom is 0.337 e. The van der Waals surface area contributed by atoms with Gasteiger partial charge in [0.05, 0.1) is 12.7 Å². The first-order valence-corrected chi connectivity index (χ1v) is 8.25. The Balaban J connectivity index is 1.82. The first-order chi connectivity index (χ1) is 11.1. The summed E-state index contributed by atoms with van der Waals surface area (Å²) in [6, 6.07) is 14.9. The van der Waals surface area contributed by atoms with Gasteiger partial charge < -0.3 is 10.1 Å². The molecule has 0 aromatic heterocycles. The largest absolute Gasteiger partial charge is 0.465 e. The van der Waals surface area contributed by atoms with Gasteiger partial charge in [0.25, 0.3) is 0 Å². The Labute approximate surface area is 140 Å². The van der Waals surface area contributed by atoms with Crippen LogP contribution in [0.1, 0.15) is 22.3 Å². The molecule has 2 aromatic rings. The Morgan fingerprint density at radius 2 is 1.87 bits per heavy atom. The SMILES string of the molecule is COC(=O)c1cccc(NC(=O)CCSc2ccc(C)cc2)c1. The summed E-state index contributed by atoms with van der Waals surface area (Å²) in [5.41, 5.74) is 2.23. The van der Waals surface area contributed by atoms with Crippen LogP contribution in [0.3, 0.4) is 0 Å². The van der Waals surface area contributed by atoms with E-state index in [9.17, 15) is 9.59 Å². The number of hydrogen-bond acceptors (Lipinski definition) is 4. The molecule has 4 nitrogen and oxygen atoms in total. The molecule has 0 aliphatic heterocycles. The summed E-state index contributed by atoms with van der Waals surface area (Å²) in [7, 11) is 1.33. The third-order valence-electron chi connectivity index (χ3n) is 3.19. The van der Waals surface area contributed by atoms with Crippen LogP contribution in [0.4, 0.5) is 5.69 Å². The Morgan fingerprint density at radius 1 is 1.13 bits per heavy atom. The zero-order chi connectivity index (χ0) is 16.7. The van der Waals surface area contributed by atoms with E-state index in [0.29, 0.717) is 23.4 Å². The molecule has 2 aromatic carbocycles. The van der Waals surface area contributed by atoms with Gasteiger partial charge in [-0.15, -0.1) is 11.8 Å². The third kappa shape index (κ3) is 5.45. The number of nitrogens with one attached hydrogen (secondary N) is 1. The van der Waals surface area contributed by atoms with Crippen molar-refractivity contribution in [2.24, 2.45) is 0 Å². The summed E-state index contributed by atoms with van der Waals surface area (Å²) in [5, 5.41) is 2.80. The van der Waals surface area contributed by atoms with E-state index in [1.54, 1.807) is 36.0 Å². The third-order valence-corrected chi connectivity index (χ3v) is 4.20. The van der Waals surface area contributed by atoms with Crippen molar-refractivity contribution in [2.75, 3.05) is 18.2 Å². The van der Waals surface area contributed by atoms with Crippen molar-refractivity contribution in [1.82, 2.24) is 0 Å². The second-order valence-electron chi connectivity index (χ2n) is 5.03. The van der Waals surface area contributed by atoms with Crippen LogP contribution in [0.15, 0.2) is 53.4 Å². The van der Waals surface area contributed by atoms with Gasteiger partial charge in [-0.05, 0) is 37.3 Å². The number of methoxy groups -OCH3 is 1. The second kappa shape index (κ2) is 8.39. The Hall–Kier alpha value is -2.27. The van der Waals surface area contributed by atoms with Gasteiger partial charge in [-0.25, -0.2) is 4.79 Å². The number of benzene rings is 2. The quantitative estimate of drug-likeness (QED) is 0.645. The minimum Gasteiger partial charge on any atom is -0.465 e. The Morgan fingerprint density at radius 3 is 2.57 bits per heavy atom. The predicted octanol–water partition coefficient (Wildman–Crippen LogP) is 3.90. The summed E-state index contributed by atoms with van der Waals surface area (Å²) in [6.45, 7) is 2.05. The average molecular weight is 329 g/mol.